The zero-order valence-electron chi connectivity index (χ0n) is 11.3. The Morgan fingerprint density at radius 1 is 1.28 bits per heavy atom. The van der Waals surface area contributed by atoms with Crippen LogP contribution in [0.2, 0.25) is 0 Å². The van der Waals surface area contributed by atoms with E-state index in [1.54, 1.807) is 7.11 Å². The summed E-state index contributed by atoms with van der Waals surface area (Å²) in [5.41, 5.74) is 1.34. The number of ether oxygens (including phenoxy) is 1. The van der Waals surface area contributed by atoms with Crippen molar-refractivity contribution < 1.29 is 4.74 Å². The number of benzene rings is 1. The molecule has 102 valence electrons. The largest absolute Gasteiger partial charge is 0.383 e. The minimum absolute atomic E-state index is 0.785. The molecule has 0 fully saturated rings. The maximum absolute atomic E-state index is 4.98. The van der Waals surface area contributed by atoms with Crippen LogP contribution in [-0.4, -0.2) is 45.3 Å². The van der Waals surface area contributed by atoms with Crippen molar-refractivity contribution in [3.05, 3.63) is 34.3 Å². The standard InChI is InChI=1S/C14H23BrN2O/c1-17(10-5-8-16-9-11-18-2)12-13-6-3-4-7-14(13)15/h3-4,6-7,16H,5,8-12H2,1-2H3. The van der Waals surface area contributed by atoms with Crippen LogP contribution in [0, 0.1) is 0 Å². The zero-order valence-corrected chi connectivity index (χ0v) is 12.9. The van der Waals surface area contributed by atoms with Crippen molar-refractivity contribution in [2.45, 2.75) is 13.0 Å². The van der Waals surface area contributed by atoms with Crippen LogP contribution in [0.1, 0.15) is 12.0 Å². The quantitative estimate of drug-likeness (QED) is 0.709. The van der Waals surface area contributed by atoms with Crippen LogP contribution in [0.15, 0.2) is 28.7 Å². The number of methoxy groups -OCH3 is 1. The molecule has 0 aliphatic heterocycles. The molecule has 1 aromatic rings. The molecule has 18 heavy (non-hydrogen) atoms. The van der Waals surface area contributed by atoms with Gasteiger partial charge >= 0.3 is 0 Å². The van der Waals surface area contributed by atoms with Gasteiger partial charge in [-0.25, -0.2) is 0 Å². The van der Waals surface area contributed by atoms with Crippen LogP contribution < -0.4 is 5.32 Å². The van der Waals surface area contributed by atoms with Gasteiger partial charge in [-0.3, -0.25) is 0 Å². The van der Waals surface area contributed by atoms with Gasteiger partial charge < -0.3 is 15.0 Å². The van der Waals surface area contributed by atoms with Crippen molar-refractivity contribution in [2.75, 3.05) is 40.4 Å². The second-order valence-electron chi connectivity index (χ2n) is 4.43. The van der Waals surface area contributed by atoms with E-state index < -0.39 is 0 Å². The van der Waals surface area contributed by atoms with Gasteiger partial charge in [0.15, 0.2) is 0 Å². The number of rotatable bonds is 9. The van der Waals surface area contributed by atoms with Gasteiger partial charge in [0.1, 0.15) is 0 Å². The van der Waals surface area contributed by atoms with E-state index in [2.05, 4.69) is 51.4 Å². The molecule has 1 rings (SSSR count). The lowest BCUT2D eigenvalue weighted by molar-refractivity contribution is 0.198. The van der Waals surface area contributed by atoms with E-state index in [-0.39, 0.29) is 0 Å². The summed E-state index contributed by atoms with van der Waals surface area (Å²) in [5.74, 6) is 0. The molecule has 0 aromatic heterocycles. The second-order valence-corrected chi connectivity index (χ2v) is 5.28. The monoisotopic (exact) mass is 314 g/mol. The number of nitrogens with one attached hydrogen (secondary N) is 1. The molecule has 0 aliphatic carbocycles. The maximum atomic E-state index is 4.98. The molecular weight excluding hydrogens is 292 g/mol. The highest BCUT2D eigenvalue weighted by Gasteiger charge is 2.02. The average molecular weight is 315 g/mol. The van der Waals surface area contributed by atoms with E-state index >= 15 is 0 Å². The lowest BCUT2D eigenvalue weighted by Crippen LogP contribution is -2.25. The summed E-state index contributed by atoms with van der Waals surface area (Å²) in [5, 5.41) is 3.36. The summed E-state index contributed by atoms with van der Waals surface area (Å²) in [6.45, 7) is 4.85. The fraction of sp³-hybridized carbons (Fsp3) is 0.571. The predicted molar refractivity (Wildman–Crippen MR) is 79.8 cm³/mol. The lowest BCUT2D eigenvalue weighted by Gasteiger charge is -2.17. The van der Waals surface area contributed by atoms with Crippen molar-refractivity contribution in [3.63, 3.8) is 0 Å². The number of hydrogen-bond acceptors (Lipinski definition) is 3. The van der Waals surface area contributed by atoms with Crippen molar-refractivity contribution in [1.82, 2.24) is 10.2 Å². The van der Waals surface area contributed by atoms with E-state index in [1.807, 2.05) is 6.07 Å². The molecule has 0 saturated heterocycles. The third kappa shape index (κ3) is 6.50. The first-order valence-electron chi connectivity index (χ1n) is 6.35. The summed E-state index contributed by atoms with van der Waals surface area (Å²) in [4.78, 5) is 2.35. The number of nitrogens with zero attached hydrogens (tertiary/aromatic N) is 1. The van der Waals surface area contributed by atoms with Crippen LogP contribution >= 0.6 is 15.9 Å². The molecule has 1 aromatic carbocycles. The summed E-state index contributed by atoms with van der Waals surface area (Å²) < 4.78 is 6.17. The van der Waals surface area contributed by atoms with Crippen molar-refractivity contribution >= 4 is 15.9 Å². The molecule has 0 amide bonds. The van der Waals surface area contributed by atoms with E-state index in [4.69, 9.17) is 4.74 Å². The molecule has 0 radical (unpaired) electrons. The van der Waals surface area contributed by atoms with Gasteiger partial charge in [-0.15, -0.1) is 0 Å². The van der Waals surface area contributed by atoms with Crippen molar-refractivity contribution in [3.8, 4) is 0 Å². The Kier molecular flexibility index (Phi) is 8.25. The molecule has 0 heterocycles. The third-order valence-corrected chi connectivity index (χ3v) is 3.55. The average Bonchev–Trinajstić information content (AvgIpc) is 2.36. The minimum atomic E-state index is 0.785. The fourth-order valence-corrected chi connectivity index (χ4v) is 2.18. The molecule has 3 nitrogen and oxygen atoms in total. The smallest absolute Gasteiger partial charge is 0.0587 e. The summed E-state index contributed by atoms with van der Waals surface area (Å²) in [6, 6.07) is 8.39. The van der Waals surface area contributed by atoms with Crippen LogP contribution in [0.3, 0.4) is 0 Å². The van der Waals surface area contributed by atoms with Crippen molar-refractivity contribution in [2.24, 2.45) is 0 Å². The Hall–Kier alpha value is -0.420. The first kappa shape index (κ1) is 15.6. The molecule has 0 saturated carbocycles. The van der Waals surface area contributed by atoms with Crippen LogP contribution in [0.25, 0.3) is 0 Å². The van der Waals surface area contributed by atoms with Gasteiger partial charge in [-0.2, -0.15) is 0 Å². The van der Waals surface area contributed by atoms with E-state index in [1.165, 1.54) is 10.0 Å². The Bertz CT molecular complexity index is 333. The summed E-state index contributed by atoms with van der Waals surface area (Å²) in [6.07, 6.45) is 1.16. The highest BCUT2D eigenvalue weighted by Crippen LogP contribution is 2.17. The van der Waals surface area contributed by atoms with Gasteiger partial charge in [-0.1, -0.05) is 34.1 Å². The Morgan fingerprint density at radius 3 is 2.78 bits per heavy atom. The van der Waals surface area contributed by atoms with Gasteiger partial charge in [-0.05, 0) is 38.2 Å². The van der Waals surface area contributed by atoms with Crippen LogP contribution in [-0.2, 0) is 11.3 Å². The van der Waals surface area contributed by atoms with Gasteiger partial charge in [0, 0.05) is 24.7 Å². The molecular formula is C14H23BrN2O. The number of hydrogen-bond donors (Lipinski definition) is 1. The van der Waals surface area contributed by atoms with E-state index in [9.17, 15) is 0 Å². The maximum Gasteiger partial charge on any atom is 0.0587 e. The third-order valence-electron chi connectivity index (χ3n) is 2.77. The molecule has 0 aliphatic rings. The Morgan fingerprint density at radius 2 is 2.06 bits per heavy atom. The lowest BCUT2D eigenvalue weighted by atomic mass is 10.2. The molecule has 0 unspecified atom stereocenters. The fourth-order valence-electron chi connectivity index (χ4n) is 1.77. The first-order valence-corrected chi connectivity index (χ1v) is 7.15. The Balaban J connectivity index is 2.14. The SMILES string of the molecule is COCCNCCCN(C)Cc1ccccc1Br. The molecule has 1 N–H and O–H groups in total. The van der Waals surface area contributed by atoms with E-state index in [0.29, 0.717) is 0 Å². The van der Waals surface area contributed by atoms with Crippen LogP contribution in [0.4, 0.5) is 0 Å². The second kappa shape index (κ2) is 9.50. The normalized spacial score (nSPS) is 11.1. The summed E-state index contributed by atoms with van der Waals surface area (Å²) >= 11 is 3.58. The highest BCUT2D eigenvalue weighted by molar-refractivity contribution is 9.10. The summed E-state index contributed by atoms with van der Waals surface area (Å²) in [7, 11) is 3.89. The molecule has 4 heteroatoms. The van der Waals surface area contributed by atoms with E-state index in [0.717, 1.165) is 39.2 Å². The van der Waals surface area contributed by atoms with Crippen molar-refractivity contribution in [1.29, 1.82) is 0 Å². The van der Waals surface area contributed by atoms with Gasteiger partial charge in [0.25, 0.3) is 0 Å². The minimum Gasteiger partial charge on any atom is -0.383 e. The first-order chi connectivity index (χ1) is 8.74. The van der Waals surface area contributed by atoms with Gasteiger partial charge in [0.05, 0.1) is 6.61 Å². The topological polar surface area (TPSA) is 24.5 Å². The van der Waals surface area contributed by atoms with Gasteiger partial charge in [0.2, 0.25) is 0 Å². The highest BCUT2D eigenvalue weighted by atomic mass is 79.9. The zero-order chi connectivity index (χ0) is 13.2. The molecule has 0 bridgehead atoms. The number of halogens is 1. The molecule has 0 atom stereocenters. The van der Waals surface area contributed by atoms with Crippen LogP contribution in [0.5, 0.6) is 0 Å². The predicted octanol–water partition coefficient (Wildman–Crippen LogP) is 2.51. The molecule has 0 spiro atoms. The Labute approximate surface area is 119 Å².